The van der Waals surface area contributed by atoms with Crippen LogP contribution in [0, 0.1) is 0 Å². The number of aromatic carboxylic acids is 2. The zero-order valence-corrected chi connectivity index (χ0v) is 13.1. The van der Waals surface area contributed by atoms with Gasteiger partial charge in [0.25, 0.3) is 5.56 Å². The van der Waals surface area contributed by atoms with Gasteiger partial charge in [0.05, 0.1) is 11.7 Å². The van der Waals surface area contributed by atoms with E-state index < -0.39 is 34.4 Å². The number of aromatic nitrogens is 2. The number of nitrogens with one attached hydrogen (secondary N) is 1. The number of nitrogens with zero attached hydrogens (tertiary/aromatic N) is 1. The summed E-state index contributed by atoms with van der Waals surface area (Å²) in [6.07, 6.45) is 1.13. The van der Waals surface area contributed by atoms with Gasteiger partial charge in [-0.25, -0.2) is 9.59 Å². The van der Waals surface area contributed by atoms with Gasteiger partial charge in [0.15, 0.2) is 5.56 Å². The van der Waals surface area contributed by atoms with Crippen molar-refractivity contribution in [2.24, 2.45) is 0 Å². The number of rotatable bonds is 5. The Balaban J connectivity index is 0. The number of carbonyl (C=O) groups is 2. The Labute approximate surface area is 134 Å². The van der Waals surface area contributed by atoms with Crippen molar-refractivity contribution in [1.29, 1.82) is 0 Å². The first-order valence-corrected chi connectivity index (χ1v) is 5.21. The molecule has 9 nitrogen and oxygen atoms in total. The third-order valence-electron chi connectivity index (χ3n) is 2.34. The van der Waals surface area contributed by atoms with E-state index in [4.69, 9.17) is 5.11 Å². The minimum atomic E-state index is -1.87. The van der Waals surface area contributed by atoms with Gasteiger partial charge in [0.2, 0.25) is 0 Å². The smallest absolute Gasteiger partial charge is 0.543 e. The van der Waals surface area contributed by atoms with Crippen LogP contribution in [0.1, 0.15) is 40.6 Å². The fourth-order valence-electron chi connectivity index (χ4n) is 1.51. The van der Waals surface area contributed by atoms with Crippen molar-refractivity contribution in [3.8, 4) is 0 Å². The van der Waals surface area contributed by atoms with E-state index in [1.807, 2.05) is 6.92 Å². The molecular formula is C10H13N2NaO7. The molecule has 0 amide bonds. The van der Waals surface area contributed by atoms with Crippen molar-refractivity contribution in [3.63, 3.8) is 0 Å². The molecule has 1 rings (SSSR count). The molecular weight excluding hydrogens is 283 g/mol. The Morgan fingerprint density at radius 3 is 2.30 bits per heavy atom. The van der Waals surface area contributed by atoms with Crippen LogP contribution in [0.3, 0.4) is 0 Å². The van der Waals surface area contributed by atoms with Crippen molar-refractivity contribution in [2.45, 2.75) is 26.3 Å². The number of hydrogen-bond donors (Lipinski definition) is 2. The van der Waals surface area contributed by atoms with E-state index >= 15 is 0 Å². The summed E-state index contributed by atoms with van der Waals surface area (Å²) in [6.45, 7) is 1.81. The molecule has 0 unspecified atom stereocenters. The van der Waals surface area contributed by atoms with Crippen LogP contribution in [0.2, 0.25) is 0 Å². The third-order valence-corrected chi connectivity index (χ3v) is 2.34. The molecule has 1 aromatic rings. The van der Waals surface area contributed by atoms with Gasteiger partial charge in [-0.2, -0.15) is 0 Å². The fourth-order valence-corrected chi connectivity index (χ4v) is 1.51. The second-order valence-corrected chi connectivity index (χ2v) is 3.58. The van der Waals surface area contributed by atoms with E-state index in [1.165, 1.54) is 0 Å². The average molecular weight is 296 g/mol. The Bertz CT molecular complexity index is 605. The molecule has 0 saturated heterocycles. The molecule has 0 atom stereocenters. The van der Waals surface area contributed by atoms with Crippen LogP contribution < -0.4 is 45.9 Å². The van der Waals surface area contributed by atoms with E-state index in [1.54, 1.807) is 4.98 Å². The zero-order valence-electron chi connectivity index (χ0n) is 11.1. The van der Waals surface area contributed by atoms with Crippen molar-refractivity contribution in [1.82, 2.24) is 9.55 Å². The summed E-state index contributed by atoms with van der Waals surface area (Å²) in [5.74, 6) is -3.59. The normalized spacial score (nSPS) is 9.25. The molecule has 1 aromatic heterocycles. The SMILES string of the molecule is CCCCn1c(C(=O)[O-])c(C(=O)O)c(=O)[nH]c1=O.O.[Na+]. The molecule has 0 fully saturated rings. The molecule has 0 aromatic carbocycles. The Morgan fingerprint density at radius 2 is 1.90 bits per heavy atom. The van der Waals surface area contributed by atoms with Crippen molar-refractivity contribution >= 4 is 11.9 Å². The van der Waals surface area contributed by atoms with Crippen molar-refractivity contribution in [3.05, 3.63) is 32.1 Å². The number of carbonyl (C=O) groups excluding carboxylic acids is 1. The largest absolute Gasteiger partial charge is 1.00 e. The summed E-state index contributed by atoms with van der Waals surface area (Å²) in [5, 5.41) is 19.7. The average Bonchev–Trinajstić information content (AvgIpc) is 2.26. The quantitative estimate of drug-likeness (QED) is 0.515. The van der Waals surface area contributed by atoms with Crippen LogP contribution in [0.15, 0.2) is 9.59 Å². The van der Waals surface area contributed by atoms with Crippen LogP contribution in [-0.4, -0.2) is 32.1 Å². The number of carboxylic acids is 2. The predicted octanol–water partition coefficient (Wildman–Crippen LogP) is -5.42. The van der Waals surface area contributed by atoms with Gasteiger partial charge in [0.1, 0.15) is 0 Å². The molecule has 10 heteroatoms. The maximum atomic E-state index is 11.5. The maximum Gasteiger partial charge on any atom is 1.00 e. The maximum absolute atomic E-state index is 11.5. The molecule has 4 N–H and O–H groups in total. The van der Waals surface area contributed by atoms with Crippen LogP contribution in [0.5, 0.6) is 0 Å². The number of carboxylic acid groups (broad SMARTS) is 2. The standard InChI is InChI=1S/C10H12N2O6.Na.H2O/c1-2-3-4-12-6(9(16)17)5(8(14)15)7(13)11-10(12)18;;/h2-4H2,1H3,(H,14,15)(H,16,17)(H,11,13,18);;1H2/q;+1;/p-1. The fraction of sp³-hybridized carbons (Fsp3) is 0.400. The molecule has 0 saturated carbocycles. The summed E-state index contributed by atoms with van der Waals surface area (Å²) < 4.78 is 0.698. The first-order chi connectivity index (χ1) is 8.40. The van der Waals surface area contributed by atoms with Crippen molar-refractivity contribution < 1.29 is 54.8 Å². The van der Waals surface area contributed by atoms with E-state index in [0.29, 0.717) is 17.4 Å². The molecule has 0 bridgehead atoms. The number of hydrogen-bond acceptors (Lipinski definition) is 5. The Morgan fingerprint density at radius 1 is 1.35 bits per heavy atom. The van der Waals surface area contributed by atoms with E-state index in [9.17, 15) is 24.3 Å². The second kappa shape index (κ2) is 8.69. The third kappa shape index (κ3) is 4.30. The number of unbranched alkanes of at least 4 members (excludes halogenated alkanes) is 1. The monoisotopic (exact) mass is 296 g/mol. The Hall–Kier alpha value is -1.42. The van der Waals surface area contributed by atoms with E-state index in [-0.39, 0.29) is 41.6 Å². The second-order valence-electron chi connectivity index (χ2n) is 3.58. The van der Waals surface area contributed by atoms with Gasteiger partial charge >= 0.3 is 41.2 Å². The minimum absolute atomic E-state index is 0. The van der Waals surface area contributed by atoms with Gasteiger partial charge in [0, 0.05) is 6.54 Å². The zero-order chi connectivity index (χ0) is 13.9. The van der Waals surface area contributed by atoms with E-state index in [2.05, 4.69) is 0 Å². The van der Waals surface area contributed by atoms with Crippen LogP contribution in [0.25, 0.3) is 0 Å². The molecule has 0 aliphatic heterocycles. The minimum Gasteiger partial charge on any atom is -0.543 e. The molecule has 106 valence electrons. The van der Waals surface area contributed by atoms with Gasteiger partial charge < -0.3 is 20.5 Å². The summed E-state index contributed by atoms with van der Waals surface area (Å²) in [7, 11) is 0. The number of aromatic amines is 1. The topological polar surface area (TPSA) is 164 Å². The van der Waals surface area contributed by atoms with Crippen LogP contribution >= 0.6 is 0 Å². The van der Waals surface area contributed by atoms with E-state index in [0.717, 1.165) is 0 Å². The van der Waals surface area contributed by atoms with Crippen molar-refractivity contribution in [2.75, 3.05) is 0 Å². The van der Waals surface area contributed by atoms with Gasteiger partial charge in [-0.1, -0.05) is 13.3 Å². The summed E-state index contributed by atoms with van der Waals surface area (Å²) in [4.78, 5) is 46.3. The van der Waals surface area contributed by atoms with Gasteiger partial charge in [-0.05, 0) is 6.42 Å². The van der Waals surface area contributed by atoms with Gasteiger partial charge in [-0.3, -0.25) is 14.3 Å². The predicted molar refractivity (Wildman–Crippen MR) is 61.1 cm³/mol. The van der Waals surface area contributed by atoms with Gasteiger partial charge in [-0.15, -0.1) is 0 Å². The molecule has 0 spiro atoms. The molecule has 0 radical (unpaired) electrons. The number of H-pyrrole nitrogens is 1. The summed E-state index contributed by atoms with van der Waals surface area (Å²) >= 11 is 0. The Kier molecular flexibility index (Phi) is 9.08. The molecule has 0 aliphatic rings. The first kappa shape index (κ1) is 20.9. The summed E-state index contributed by atoms with van der Waals surface area (Å²) in [6, 6.07) is 0. The summed E-state index contributed by atoms with van der Waals surface area (Å²) in [5.41, 5.74) is -4.10. The van der Waals surface area contributed by atoms with Crippen LogP contribution in [-0.2, 0) is 6.54 Å². The molecule has 20 heavy (non-hydrogen) atoms. The van der Waals surface area contributed by atoms with Crippen LogP contribution in [0.4, 0.5) is 0 Å². The molecule has 0 aliphatic carbocycles. The first-order valence-electron chi connectivity index (χ1n) is 5.21. The molecule has 1 heterocycles.